The van der Waals surface area contributed by atoms with Gasteiger partial charge in [0.2, 0.25) is 10.0 Å². The highest BCUT2D eigenvalue weighted by Crippen LogP contribution is 2.22. The molecule has 2 aromatic rings. The van der Waals surface area contributed by atoms with Crippen LogP contribution in [-0.4, -0.2) is 49.7 Å². The number of sulfonamides is 1. The highest BCUT2D eigenvalue weighted by Gasteiger charge is 2.32. The monoisotopic (exact) mass is 394 g/mol. The summed E-state index contributed by atoms with van der Waals surface area (Å²) in [6.07, 6.45) is 0. The molecule has 0 N–H and O–H groups in total. The fraction of sp³-hybridized carbons (Fsp3) is 0.316. The Labute approximate surface area is 157 Å². The molecule has 8 heteroatoms. The largest absolute Gasteiger partial charge is 0.336 e. The zero-order valence-corrected chi connectivity index (χ0v) is 15.9. The molecule has 0 unspecified atom stereocenters. The Balaban J connectivity index is 1.75. The zero-order chi connectivity index (χ0) is 19.8. The Kier molecular flexibility index (Phi) is 5.30. The summed E-state index contributed by atoms with van der Waals surface area (Å²) < 4.78 is 53.6. The Morgan fingerprint density at radius 1 is 0.926 bits per heavy atom. The second kappa shape index (κ2) is 7.36. The van der Waals surface area contributed by atoms with Crippen molar-refractivity contribution in [2.45, 2.75) is 18.7 Å². The standard InChI is InChI=1S/C19H20F2N2O3S/c1-13-9-14(2)11-15(10-13)19(24)22-5-7-23(8-6-22)27(25,26)18-12-16(20)3-4-17(18)21/h3-4,9-12H,5-8H2,1-2H3. The molecule has 1 aliphatic heterocycles. The SMILES string of the molecule is Cc1cc(C)cc(C(=O)N2CCN(S(=O)(=O)c3cc(F)ccc3F)CC2)c1. The predicted octanol–water partition coefficient (Wildman–Crippen LogP) is 2.73. The van der Waals surface area contributed by atoms with Crippen molar-refractivity contribution in [3.63, 3.8) is 0 Å². The van der Waals surface area contributed by atoms with E-state index in [4.69, 9.17) is 0 Å². The lowest BCUT2D eigenvalue weighted by molar-refractivity contribution is 0.0697. The molecule has 2 aromatic carbocycles. The van der Waals surface area contributed by atoms with Gasteiger partial charge in [0, 0.05) is 31.7 Å². The van der Waals surface area contributed by atoms with E-state index in [-0.39, 0.29) is 32.1 Å². The van der Waals surface area contributed by atoms with Gasteiger partial charge in [-0.05, 0) is 44.2 Å². The van der Waals surface area contributed by atoms with Crippen LogP contribution in [0.2, 0.25) is 0 Å². The minimum Gasteiger partial charge on any atom is -0.336 e. The summed E-state index contributed by atoms with van der Waals surface area (Å²) >= 11 is 0. The van der Waals surface area contributed by atoms with Crippen molar-refractivity contribution in [2.24, 2.45) is 0 Å². The van der Waals surface area contributed by atoms with Crippen molar-refractivity contribution in [1.29, 1.82) is 0 Å². The minimum absolute atomic E-state index is 0.0226. The number of hydrogen-bond donors (Lipinski definition) is 0. The van der Waals surface area contributed by atoms with Crippen LogP contribution in [0.3, 0.4) is 0 Å². The predicted molar refractivity (Wildman–Crippen MR) is 96.9 cm³/mol. The minimum atomic E-state index is -4.16. The molecular weight excluding hydrogens is 374 g/mol. The molecule has 0 spiro atoms. The van der Waals surface area contributed by atoms with E-state index in [0.29, 0.717) is 11.6 Å². The maximum atomic E-state index is 13.9. The molecule has 0 radical (unpaired) electrons. The van der Waals surface area contributed by atoms with Gasteiger partial charge in [0.25, 0.3) is 5.91 Å². The Hall–Kier alpha value is -2.32. The van der Waals surface area contributed by atoms with Gasteiger partial charge in [0.05, 0.1) is 0 Å². The third-order valence-electron chi connectivity index (χ3n) is 4.51. The van der Waals surface area contributed by atoms with E-state index in [2.05, 4.69) is 0 Å². The molecule has 0 aromatic heterocycles. The third-order valence-corrected chi connectivity index (χ3v) is 6.42. The van der Waals surface area contributed by atoms with E-state index in [1.54, 1.807) is 17.0 Å². The van der Waals surface area contributed by atoms with E-state index in [0.717, 1.165) is 27.6 Å². The van der Waals surface area contributed by atoms with Crippen molar-refractivity contribution in [3.05, 3.63) is 64.7 Å². The van der Waals surface area contributed by atoms with Crippen molar-refractivity contribution in [2.75, 3.05) is 26.2 Å². The molecule has 144 valence electrons. The fourth-order valence-corrected chi connectivity index (χ4v) is 4.72. The molecule has 1 amide bonds. The number of carbonyl (C=O) groups excluding carboxylic acids is 1. The molecule has 1 heterocycles. The molecule has 3 rings (SSSR count). The first kappa shape index (κ1) is 19.4. The lowest BCUT2D eigenvalue weighted by Crippen LogP contribution is -2.50. The average molecular weight is 394 g/mol. The molecule has 1 aliphatic rings. The Morgan fingerprint density at radius 2 is 1.52 bits per heavy atom. The number of amides is 1. The molecule has 1 fully saturated rings. The van der Waals surface area contributed by atoms with Crippen LogP contribution in [0.4, 0.5) is 8.78 Å². The molecule has 0 atom stereocenters. The van der Waals surface area contributed by atoms with Crippen molar-refractivity contribution in [1.82, 2.24) is 9.21 Å². The van der Waals surface area contributed by atoms with Gasteiger partial charge in [0.15, 0.2) is 0 Å². The molecule has 0 bridgehead atoms. The highest BCUT2D eigenvalue weighted by molar-refractivity contribution is 7.89. The van der Waals surface area contributed by atoms with E-state index < -0.39 is 26.6 Å². The summed E-state index contributed by atoms with van der Waals surface area (Å²) in [5.74, 6) is -1.99. The third kappa shape index (κ3) is 4.01. The van der Waals surface area contributed by atoms with Gasteiger partial charge in [-0.3, -0.25) is 4.79 Å². The van der Waals surface area contributed by atoms with Crippen LogP contribution in [0.25, 0.3) is 0 Å². The molecule has 0 aliphatic carbocycles. The second-order valence-electron chi connectivity index (χ2n) is 6.65. The number of nitrogens with zero attached hydrogens (tertiary/aromatic N) is 2. The van der Waals surface area contributed by atoms with Gasteiger partial charge in [-0.1, -0.05) is 17.2 Å². The Bertz CT molecular complexity index is 964. The van der Waals surface area contributed by atoms with Crippen LogP contribution in [0.15, 0.2) is 41.3 Å². The van der Waals surface area contributed by atoms with Gasteiger partial charge < -0.3 is 4.90 Å². The summed E-state index contributed by atoms with van der Waals surface area (Å²) in [5.41, 5.74) is 2.50. The smallest absolute Gasteiger partial charge is 0.253 e. The summed E-state index contributed by atoms with van der Waals surface area (Å²) in [7, 11) is -4.16. The Morgan fingerprint density at radius 3 is 2.11 bits per heavy atom. The zero-order valence-electron chi connectivity index (χ0n) is 15.1. The van der Waals surface area contributed by atoms with Gasteiger partial charge in [-0.15, -0.1) is 0 Å². The van der Waals surface area contributed by atoms with E-state index in [1.807, 2.05) is 19.9 Å². The highest BCUT2D eigenvalue weighted by atomic mass is 32.2. The molecule has 5 nitrogen and oxygen atoms in total. The van der Waals surface area contributed by atoms with E-state index in [1.165, 1.54) is 0 Å². The average Bonchev–Trinajstić information content (AvgIpc) is 2.62. The molecule has 27 heavy (non-hydrogen) atoms. The quantitative estimate of drug-likeness (QED) is 0.804. The van der Waals surface area contributed by atoms with Crippen LogP contribution in [0.5, 0.6) is 0 Å². The summed E-state index contributed by atoms with van der Waals surface area (Å²) in [6, 6.07) is 7.89. The van der Waals surface area contributed by atoms with Crippen LogP contribution in [-0.2, 0) is 10.0 Å². The first-order valence-electron chi connectivity index (χ1n) is 8.51. The maximum Gasteiger partial charge on any atom is 0.253 e. The van der Waals surface area contributed by atoms with Crippen molar-refractivity contribution >= 4 is 15.9 Å². The maximum absolute atomic E-state index is 13.9. The first-order chi connectivity index (χ1) is 12.7. The molecule has 0 saturated carbocycles. The fourth-order valence-electron chi connectivity index (χ4n) is 3.23. The van der Waals surface area contributed by atoms with Crippen molar-refractivity contribution < 1.29 is 22.0 Å². The molecular formula is C19H20F2N2O3S. The first-order valence-corrected chi connectivity index (χ1v) is 9.95. The number of benzene rings is 2. The summed E-state index contributed by atoms with van der Waals surface area (Å²) in [4.78, 5) is 13.6. The number of carbonyl (C=O) groups is 1. The van der Waals surface area contributed by atoms with Gasteiger partial charge >= 0.3 is 0 Å². The lowest BCUT2D eigenvalue weighted by atomic mass is 10.1. The summed E-state index contributed by atoms with van der Waals surface area (Å²) in [6.45, 7) is 4.22. The number of hydrogen-bond acceptors (Lipinski definition) is 3. The summed E-state index contributed by atoms with van der Waals surface area (Å²) in [5, 5.41) is 0. The number of piperazine rings is 1. The lowest BCUT2D eigenvalue weighted by Gasteiger charge is -2.34. The van der Waals surface area contributed by atoms with Gasteiger partial charge in [-0.2, -0.15) is 4.31 Å². The van der Waals surface area contributed by atoms with Crippen LogP contribution >= 0.6 is 0 Å². The van der Waals surface area contributed by atoms with E-state index in [9.17, 15) is 22.0 Å². The van der Waals surface area contributed by atoms with Crippen LogP contribution < -0.4 is 0 Å². The topological polar surface area (TPSA) is 57.7 Å². The van der Waals surface area contributed by atoms with Gasteiger partial charge in [0.1, 0.15) is 16.5 Å². The number of aryl methyl sites for hydroxylation is 2. The van der Waals surface area contributed by atoms with Crippen LogP contribution in [0.1, 0.15) is 21.5 Å². The van der Waals surface area contributed by atoms with Gasteiger partial charge in [-0.25, -0.2) is 17.2 Å². The van der Waals surface area contributed by atoms with E-state index >= 15 is 0 Å². The number of rotatable bonds is 3. The van der Waals surface area contributed by atoms with Crippen molar-refractivity contribution in [3.8, 4) is 0 Å². The second-order valence-corrected chi connectivity index (χ2v) is 8.55. The number of halogens is 2. The normalized spacial score (nSPS) is 15.8. The molecule has 1 saturated heterocycles. The van der Waals surface area contributed by atoms with Crippen LogP contribution in [0, 0.1) is 25.5 Å².